The molecule has 2 aromatic rings. The number of allylic oxidation sites excluding steroid dienone is 8. The average Bonchev–Trinajstić information content (AvgIpc) is 3.96. The van der Waals surface area contributed by atoms with Gasteiger partial charge in [0.15, 0.2) is 0 Å². The van der Waals surface area contributed by atoms with Gasteiger partial charge in [-0.3, -0.25) is 12.2 Å². The van der Waals surface area contributed by atoms with Gasteiger partial charge in [0.1, 0.15) is 0 Å². The Morgan fingerprint density at radius 2 is 0.909 bits per heavy atom. The molecule has 0 bridgehead atoms. The van der Waals surface area contributed by atoms with Crippen LogP contribution in [-0.2, 0) is 21.7 Å². The minimum atomic E-state index is -0.638. The standard InChI is InChI=1S/2C19H30F2N.2C5H5.Ti/c2*1-5-8-9-10-13-22(15-19(4,6-2)7-3)18-12-11-16(20)14-17(18)21;2*1-2-4-5-3-1;/h2*11-12H,5-10,13,15H2,1-4H3;2*1-3H,4H2;/q4*-1;+4. The average molecular weight is 799 g/mol. The van der Waals surface area contributed by atoms with Crippen molar-refractivity contribution < 1.29 is 39.3 Å². The van der Waals surface area contributed by atoms with Gasteiger partial charge in [0.25, 0.3) is 0 Å². The van der Waals surface area contributed by atoms with E-state index >= 15 is 0 Å². The third-order valence-corrected chi connectivity index (χ3v) is 10.7. The molecule has 7 heteroatoms. The molecule has 0 unspecified atom stereocenters. The minimum Gasteiger partial charge on any atom is -0.421 e. The van der Waals surface area contributed by atoms with Gasteiger partial charge >= 0.3 is 21.7 Å². The summed E-state index contributed by atoms with van der Waals surface area (Å²) >= 11 is 0. The predicted molar refractivity (Wildman–Crippen MR) is 224 cm³/mol. The van der Waals surface area contributed by atoms with Gasteiger partial charge in [-0.1, -0.05) is 93.9 Å². The van der Waals surface area contributed by atoms with E-state index in [2.05, 4.69) is 102 Å². The summed E-state index contributed by atoms with van der Waals surface area (Å²) in [6, 6.07) is 10.0. The van der Waals surface area contributed by atoms with Crippen LogP contribution in [0.1, 0.15) is 145 Å². The number of hydrogen-bond acceptors (Lipinski definition) is 2. The largest absolute Gasteiger partial charge is 4.00 e. The van der Waals surface area contributed by atoms with Crippen LogP contribution in [-0.4, -0.2) is 26.2 Å². The molecule has 2 aliphatic carbocycles. The molecule has 4 rings (SSSR count). The first kappa shape index (κ1) is 52.4. The summed E-state index contributed by atoms with van der Waals surface area (Å²) in [5.74, 6) is -2.43. The Kier molecular flexibility index (Phi) is 29.1. The number of nitrogens with zero attached hydrogens (tertiary/aromatic N) is 2. The Hall–Kier alpha value is -2.57. The summed E-state index contributed by atoms with van der Waals surface area (Å²) in [7, 11) is 0. The Bertz CT molecular complexity index is 1270. The summed E-state index contributed by atoms with van der Waals surface area (Å²) in [4.78, 5) is 4.15. The number of benzene rings is 2. The van der Waals surface area contributed by atoms with Crippen LogP contribution in [0, 0.1) is 58.4 Å². The van der Waals surface area contributed by atoms with Crippen molar-refractivity contribution in [1.29, 1.82) is 0 Å². The molecule has 0 saturated carbocycles. The van der Waals surface area contributed by atoms with E-state index in [4.69, 9.17) is 0 Å². The zero-order valence-corrected chi connectivity index (χ0v) is 37.0. The topological polar surface area (TPSA) is 6.48 Å². The molecule has 0 saturated heterocycles. The molecule has 0 fully saturated rings. The van der Waals surface area contributed by atoms with Gasteiger partial charge in [0.2, 0.25) is 0 Å². The Labute approximate surface area is 349 Å². The van der Waals surface area contributed by atoms with Crippen molar-refractivity contribution in [2.75, 3.05) is 36.0 Å². The molecule has 55 heavy (non-hydrogen) atoms. The Balaban J connectivity index is 0.000000828. The molecule has 0 heterocycles. The molecule has 0 aliphatic heterocycles. The number of unbranched alkanes of at least 4 members (excludes halogenated alkanes) is 6. The fourth-order valence-corrected chi connectivity index (χ4v) is 5.94. The molecule has 304 valence electrons. The van der Waals surface area contributed by atoms with Crippen LogP contribution < -0.4 is 9.80 Å². The second-order valence-corrected chi connectivity index (χ2v) is 15.0. The van der Waals surface area contributed by atoms with Crippen LogP contribution in [0.15, 0.2) is 60.7 Å². The van der Waals surface area contributed by atoms with Gasteiger partial charge in [-0.25, -0.2) is 41.9 Å². The van der Waals surface area contributed by atoms with E-state index in [0.717, 1.165) is 90.4 Å². The molecular formula is C48H70F4N2Ti. The van der Waals surface area contributed by atoms with Gasteiger partial charge in [0, 0.05) is 49.4 Å². The third-order valence-electron chi connectivity index (χ3n) is 10.7. The number of hydrogen-bond donors (Lipinski definition) is 0. The summed E-state index contributed by atoms with van der Waals surface area (Å²) in [6.07, 6.45) is 33.3. The van der Waals surface area contributed by atoms with Gasteiger partial charge in [-0.15, -0.1) is 49.2 Å². The van der Waals surface area contributed by atoms with E-state index in [9.17, 15) is 17.6 Å². The van der Waals surface area contributed by atoms with Crippen molar-refractivity contribution in [3.63, 3.8) is 0 Å². The molecule has 2 nitrogen and oxygen atoms in total. The van der Waals surface area contributed by atoms with Gasteiger partial charge in [-0.05, 0) is 60.7 Å². The molecule has 2 aliphatic rings. The van der Waals surface area contributed by atoms with E-state index < -0.39 is 23.3 Å². The van der Waals surface area contributed by atoms with E-state index in [1.807, 2.05) is 24.3 Å². The van der Waals surface area contributed by atoms with Crippen molar-refractivity contribution in [2.24, 2.45) is 10.8 Å². The number of halogens is 4. The third kappa shape index (κ3) is 22.1. The number of anilines is 2. The van der Waals surface area contributed by atoms with Crippen molar-refractivity contribution in [2.45, 2.75) is 145 Å². The van der Waals surface area contributed by atoms with Crippen molar-refractivity contribution in [3.8, 4) is 0 Å². The van der Waals surface area contributed by atoms with Gasteiger partial charge in [0.05, 0.1) is 0 Å². The van der Waals surface area contributed by atoms with E-state index in [1.54, 1.807) is 12.1 Å². The van der Waals surface area contributed by atoms with Crippen LogP contribution in [0.4, 0.5) is 28.9 Å². The molecule has 0 amide bonds. The molecule has 0 N–H and O–H groups in total. The first-order valence-electron chi connectivity index (χ1n) is 20.6. The second-order valence-electron chi connectivity index (χ2n) is 15.0. The minimum absolute atomic E-state index is 0. The maximum Gasteiger partial charge on any atom is 4.00 e. The van der Waals surface area contributed by atoms with Crippen LogP contribution in [0.5, 0.6) is 0 Å². The SMILES string of the molecule is CCCCCCN(CC(C)(CC)CC)c1ccc(F)[c-]c1F.CCCCCCN(CC(C)(CC)CC)c1ccc(F)[c-]c1F.[C-]1=CC=CC1.[C-]1=CC=CC1.[Ti+4]. The zero-order chi connectivity index (χ0) is 40.2. The Morgan fingerprint density at radius 3 is 1.15 bits per heavy atom. The van der Waals surface area contributed by atoms with Gasteiger partial charge in [-0.2, -0.15) is 12.2 Å². The molecule has 0 aromatic heterocycles. The van der Waals surface area contributed by atoms with Gasteiger partial charge < -0.3 is 9.80 Å². The molecule has 2 aromatic carbocycles. The quantitative estimate of drug-likeness (QED) is 0.0570. The summed E-state index contributed by atoms with van der Waals surface area (Å²) < 4.78 is 54.5. The fourth-order valence-electron chi connectivity index (χ4n) is 5.94. The predicted octanol–water partition coefficient (Wildman–Crippen LogP) is 14.6. The molecule has 0 atom stereocenters. The molecular weight excluding hydrogens is 728 g/mol. The van der Waals surface area contributed by atoms with Crippen LogP contribution in [0.3, 0.4) is 0 Å². The van der Waals surface area contributed by atoms with Crippen LogP contribution in [0.2, 0.25) is 0 Å². The van der Waals surface area contributed by atoms with Crippen molar-refractivity contribution in [3.05, 3.63) is 108 Å². The normalized spacial score (nSPS) is 12.6. The maximum atomic E-state index is 14.1. The molecule has 0 spiro atoms. The first-order chi connectivity index (χ1) is 25.9. The fraction of sp³-hybridized carbons (Fsp3) is 0.583. The second kappa shape index (κ2) is 30.6. The first-order valence-corrected chi connectivity index (χ1v) is 20.6. The van der Waals surface area contributed by atoms with E-state index in [1.165, 1.54) is 37.8 Å². The number of rotatable bonds is 20. The molecule has 0 radical (unpaired) electrons. The van der Waals surface area contributed by atoms with E-state index in [-0.39, 0.29) is 32.5 Å². The monoisotopic (exact) mass is 798 g/mol. The summed E-state index contributed by atoms with van der Waals surface area (Å²) in [6.45, 7) is 20.7. The van der Waals surface area contributed by atoms with Crippen molar-refractivity contribution in [1.82, 2.24) is 0 Å². The zero-order valence-electron chi connectivity index (χ0n) is 35.4. The van der Waals surface area contributed by atoms with Crippen molar-refractivity contribution >= 4 is 11.4 Å². The maximum absolute atomic E-state index is 14.1. The summed E-state index contributed by atoms with van der Waals surface area (Å²) in [5.41, 5.74) is 1.24. The smallest absolute Gasteiger partial charge is 0.421 e. The summed E-state index contributed by atoms with van der Waals surface area (Å²) in [5, 5.41) is 0. The Morgan fingerprint density at radius 1 is 0.545 bits per heavy atom. The van der Waals surface area contributed by atoms with Crippen LogP contribution >= 0.6 is 0 Å². The van der Waals surface area contributed by atoms with Crippen LogP contribution in [0.25, 0.3) is 0 Å². The van der Waals surface area contributed by atoms with E-state index in [0.29, 0.717) is 11.4 Å².